The summed E-state index contributed by atoms with van der Waals surface area (Å²) in [5, 5.41) is 6.12. The maximum Gasteiger partial charge on any atom is 0.433 e. The zero-order valence-corrected chi connectivity index (χ0v) is 13.4. The molecule has 0 aliphatic heterocycles. The van der Waals surface area contributed by atoms with E-state index in [2.05, 4.69) is 20.2 Å². The van der Waals surface area contributed by atoms with Gasteiger partial charge in [0.05, 0.1) is 5.56 Å². The van der Waals surface area contributed by atoms with Crippen molar-refractivity contribution in [1.82, 2.24) is 24.6 Å². The Hall–Kier alpha value is -2.89. The van der Waals surface area contributed by atoms with Crippen LogP contribution in [0.5, 0.6) is 0 Å². The third-order valence-corrected chi connectivity index (χ3v) is 4.00. The van der Waals surface area contributed by atoms with Crippen LogP contribution in [-0.2, 0) is 12.4 Å². The lowest BCUT2D eigenvalue weighted by Gasteiger charge is -2.14. The molecule has 13 heteroatoms. The van der Waals surface area contributed by atoms with E-state index in [0.29, 0.717) is 0 Å². The van der Waals surface area contributed by atoms with Crippen molar-refractivity contribution in [3.63, 3.8) is 0 Å². The lowest BCUT2D eigenvalue weighted by Crippen LogP contribution is -2.14. The van der Waals surface area contributed by atoms with E-state index in [4.69, 9.17) is 16.0 Å². The monoisotopic (exact) mass is 407 g/mol. The lowest BCUT2D eigenvalue weighted by molar-refractivity contribution is -0.144. The molecule has 4 aromatic rings. The van der Waals surface area contributed by atoms with E-state index in [-0.39, 0.29) is 28.5 Å². The quantitative estimate of drug-likeness (QED) is 0.431. The van der Waals surface area contributed by atoms with Crippen molar-refractivity contribution in [1.29, 1.82) is 0 Å². The van der Waals surface area contributed by atoms with E-state index in [1.807, 2.05) is 0 Å². The average Bonchev–Trinajstić information content (AvgIpc) is 3.19. The molecule has 0 aliphatic carbocycles. The minimum atomic E-state index is -5.10. The average molecular weight is 408 g/mol. The summed E-state index contributed by atoms with van der Waals surface area (Å²) in [7, 11) is 0. The molecule has 0 fully saturated rings. The first-order chi connectivity index (χ1) is 12.6. The van der Waals surface area contributed by atoms with E-state index in [1.54, 1.807) is 0 Å². The summed E-state index contributed by atoms with van der Waals surface area (Å²) in [6.07, 6.45) is -9.18. The van der Waals surface area contributed by atoms with Crippen molar-refractivity contribution >= 4 is 28.3 Å². The summed E-state index contributed by atoms with van der Waals surface area (Å²) < 4.78 is 85.1. The maximum atomic E-state index is 13.3. The summed E-state index contributed by atoms with van der Waals surface area (Å²) >= 11 is 6.13. The Kier molecular flexibility index (Phi) is 3.60. The van der Waals surface area contributed by atoms with Gasteiger partial charge in [-0.3, -0.25) is 4.40 Å². The van der Waals surface area contributed by atoms with Crippen molar-refractivity contribution in [3.05, 3.63) is 41.0 Å². The lowest BCUT2D eigenvalue weighted by atomic mass is 10.1. The Labute approximate surface area is 149 Å². The van der Waals surface area contributed by atoms with Crippen LogP contribution in [0.25, 0.3) is 28.3 Å². The number of fused-ring (bicyclic) bond motifs is 3. The zero-order chi connectivity index (χ0) is 19.6. The number of alkyl halides is 6. The fourth-order valence-corrected chi connectivity index (χ4v) is 2.85. The van der Waals surface area contributed by atoms with Crippen LogP contribution in [0.1, 0.15) is 11.3 Å². The second kappa shape index (κ2) is 5.55. The molecule has 6 nitrogen and oxygen atoms in total. The minimum absolute atomic E-state index is 0.0411. The Morgan fingerprint density at radius 3 is 2.33 bits per heavy atom. The van der Waals surface area contributed by atoms with Crippen LogP contribution >= 0.6 is 11.6 Å². The van der Waals surface area contributed by atoms with Crippen molar-refractivity contribution < 1.29 is 30.8 Å². The SMILES string of the molecule is FC(F)(F)c1cc(C(F)(F)F)c2ccc3nc(-c4nnco4)c(Cl)n3c2n1. The predicted molar refractivity (Wildman–Crippen MR) is 78.8 cm³/mol. The van der Waals surface area contributed by atoms with Gasteiger partial charge in [0.1, 0.15) is 22.1 Å². The van der Waals surface area contributed by atoms with Crippen LogP contribution in [0.2, 0.25) is 5.15 Å². The molecular formula is C14H4ClF6N5O. The molecule has 0 aliphatic rings. The molecule has 140 valence electrons. The van der Waals surface area contributed by atoms with Gasteiger partial charge < -0.3 is 4.42 Å². The van der Waals surface area contributed by atoms with Crippen LogP contribution in [0.4, 0.5) is 26.3 Å². The highest BCUT2D eigenvalue weighted by Gasteiger charge is 2.40. The first-order valence-electron chi connectivity index (χ1n) is 7.00. The molecule has 0 saturated carbocycles. The number of hydrogen-bond acceptors (Lipinski definition) is 5. The first-order valence-corrected chi connectivity index (χ1v) is 7.38. The molecule has 0 N–H and O–H groups in total. The smallest absolute Gasteiger partial charge is 0.422 e. The van der Waals surface area contributed by atoms with Gasteiger partial charge >= 0.3 is 12.4 Å². The van der Waals surface area contributed by atoms with Gasteiger partial charge in [0.15, 0.2) is 5.69 Å². The van der Waals surface area contributed by atoms with Crippen molar-refractivity contribution in [2.45, 2.75) is 12.4 Å². The topological polar surface area (TPSA) is 69.1 Å². The van der Waals surface area contributed by atoms with E-state index in [1.165, 1.54) is 0 Å². The van der Waals surface area contributed by atoms with Crippen LogP contribution in [0, 0.1) is 0 Å². The van der Waals surface area contributed by atoms with Crippen LogP contribution in [-0.4, -0.2) is 24.6 Å². The fraction of sp³-hybridized carbons (Fsp3) is 0.143. The minimum Gasteiger partial charge on any atom is -0.422 e. The third-order valence-electron chi connectivity index (χ3n) is 3.65. The molecule has 0 radical (unpaired) electrons. The zero-order valence-electron chi connectivity index (χ0n) is 12.6. The number of pyridine rings is 2. The highest BCUT2D eigenvalue weighted by molar-refractivity contribution is 6.32. The van der Waals surface area contributed by atoms with Crippen molar-refractivity contribution in [2.24, 2.45) is 0 Å². The first kappa shape index (κ1) is 17.5. The second-order valence-corrected chi connectivity index (χ2v) is 5.67. The molecule has 0 atom stereocenters. The van der Waals surface area contributed by atoms with Gasteiger partial charge in [-0.15, -0.1) is 10.2 Å². The predicted octanol–water partition coefficient (Wildman–Crippen LogP) is 4.62. The van der Waals surface area contributed by atoms with Gasteiger partial charge in [0.25, 0.3) is 5.89 Å². The number of rotatable bonds is 1. The maximum absolute atomic E-state index is 13.3. The molecule has 0 spiro atoms. The number of aromatic nitrogens is 5. The molecular weight excluding hydrogens is 404 g/mol. The summed E-state index contributed by atoms with van der Waals surface area (Å²) in [6, 6.07) is 2.09. The summed E-state index contributed by atoms with van der Waals surface area (Å²) in [5.74, 6) is -0.153. The fourth-order valence-electron chi connectivity index (χ4n) is 2.56. The van der Waals surface area contributed by atoms with Crippen molar-refractivity contribution in [2.75, 3.05) is 0 Å². The normalized spacial score (nSPS) is 13.0. The molecule has 0 unspecified atom stereocenters. The van der Waals surface area contributed by atoms with Crippen LogP contribution in [0.15, 0.2) is 29.0 Å². The van der Waals surface area contributed by atoms with Gasteiger partial charge in [-0.05, 0) is 18.2 Å². The van der Waals surface area contributed by atoms with Gasteiger partial charge in [0.2, 0.25) is 6.39 Å². The molecule has 4 rings (SSSR count). The molecule has 4 aromatic heterocycles. The highest BCUT2D eigenvalue weighted by atomic mass is 35.5. The van der Waals surface area contributed by atoms with E-state index >= 15 is 0 Å². The molecule has 0 saturated heterocycles. The number of hydrogen-bond donors (Lipinski definition) is 0. The number of imidazole rings is 1. The van der Waals surface area contributed by atoms with Gasteiger partial charge in [-0.25, -0.2) is 9.97 Å². The Morgan fingerprint density at radius 1 is 1.00 bits per heavy atom. The Bertz CT molecular complexity index is 1170. The van der Waals surface area contributed by atoms with E-state index < -0.39 is 34.6 Å². The van der Waals surface area contributed by atoms with Crippen LogP contribution < -0.4 is 0 Å². The largest absolute Gasteiger partial charge is 0.433 e. The summed E-state index contributed by atoms with van der Waals surface area (Å²) in [4.78, 5) is 7.37. The van der Waals surface area contributed by atoms with Gasteiger partial charge in [0, 0.05) is 5.39 Å². The summed E-state index contributed by atoms with van der Waals surface area (Å²) in [6.45, 7) is 0. The van der Waals surface area contributed by atoms with Crippen LogP contribution in [0.3, 0.4) is 0 Å². The molecule has 27 heavy (non-hydrogen) atoms. The summed E-state index contributed by atoms with van der Waals surface area (Å²) in [5.41, 5.74) is -4.00. The highest BCUT2D eigenvalue weighted by Crippen LogP contribution is 2.40. The Morgan fingerprint density at radius 2 is 1.74 bits per heavy atom. The van der Waals surface area contributed by atoms with Gasteiger partial charge in [-0.2, -0.15) is 26.3 Å². The molecule has 0 bridgehead atoms. The standard InChI is InChI=1S/C14H4ClF6N5O/c15-10-9(12-25-22-4-27-12)24-8-2-1-5-6(13(16,17)18)3-7(14(19,20)21)23-11(5)26(8)10/h1-4H. The van der Waals surface area contributed by atoms with E-state index in [9.17, 15) is 26.3 Å². The molecule has 0 aromatic carbocycles. The van der Waals surface area contributed by atoms with E-state index in [0.717, 1.165) is 22.9 Å². The third kappa shape index (κ3) is 2.76. The number of nitrogens with zero attached hydrogens (tertiary/aromatic N) is 5. The Balaban J connectivity index is 2.15. The van der Waals surface area contributed by atoms with Crippen molar-refractivity contribution in [3.8, 4) is 11.6 Å². The number of halogens is 7. The molecule has 4 heterocycles. The second-order valence-electron chi connectivity index (χ2n) is 5.31. The molecule has 0 amide bonds. The van der Waals surface area contributed by atoms with Gasteiger partial charge in [-0.1, -0.05) is 11.6 Å².